The number of ether oxygens (including phenoxy) is 1. The van der Waals surface area contributed by atoms with E-state index < -0.39 is 6.10 Å². The highest BCUT2D eigenvalue weighted by Gasteiger charge is 2.18. The molecule has 122 valence electrons. The minimum atomic E-state index is -0.622. The van der Waals surface area contributed by atoms with Crippen LogP contribution in [0, 0.1) is 13.8 Å². The Morgan fingerprint density at radius 1 is 1.48 bits per heavy atom. The van der Waals surface area contributed by atoms with Gasteiger partial charge in [-0.3, -0.25) is 10.1 Å². The molecule has 2 aromatic rings. The third-order valence-electron chi connectivity index (χ3n) is 2.98. The number of carbonyl (C=O) groups is 1. The molecule has 0 radical (unpaired) electrons. The van der Waals surface area contributed by atoms with Crippen LogP contribution >= 0.6 is 23.1 Å². The van der Waals surface area contributed by atoms with E-state index in [9.17, 15) is 4.79 Å². The number of aromatic nitrogens is 2. The normalized spacial score (nSPS) is 11.8. The molecular formula is C16H19N3O2S2. The molecule has 0 unspecified atom stereocenters. The second kappa shape index (κ2) is 8.12. The summed E-state index contributed by atoms with van der Waals surface area (Å²) in [5.41, 5.74) is 2.08. The predicted molar refractivity (Wildman–Crippen MR) is 95.5 cm³/mol. The van der Waals surface area contributed by atoms with Crippen molar-refractivity contribution >= 4 is 34.1 Å². The first kappa shape index (κ1) is 17.5. The Morgan fingerprint density at radius 3 is 3.00 bits per heavy atom. The molecule has 2 rings (SSSR count). The van der Waals surface area contributed by atoms with Crippen molar-refractivity contribution in [1.29, 1.82) is 0 Å². The molecule has 0 saturated carbocycles. The summed E-state index contributed by atoms with van der Waals surface area (Å²) in [6.45, 7) is 9.31. The van der Waals surface area contributed by atoms with Crippen LogP contribution in [0.15, 0.2) is 35.2 Å². The lowest BCUT2D eigenvalue weighted by Crippen LogP contribution is -2.30. The van der Waals surface area contributed by atoms with Gasteiger partial charge < -0.3 is 4.74 Å². The summed E-state index contributed by atoms with van der Waals surface area (Å²) in [4.78, 5) is 12.2. The number of hydrogen-bond donors (Lipinski definition) is 1. The van der Waals surface area contributed by atoms with Gasteiger partial charge in [0.15, 0.2) is 10.4 Å². The Morgan fingerprint density at radius 2 is 2.26 bits per heavy atom. The zero-order valence-corrected chi connectivity index (χ0v) is 15.0. The number of aryl methyl sites for hydroxylation is 2. The van der Waals surface area contributed by atoms with E-state index in [0.717, 1.165) is 21.2 Å². The number of hydrogen-bond acceptors (Lipinski definition) is 6. The van der Waals surface area contributed by atoms with Crippen LogP contribution in [0.5, 0.6) is 5.75 Å². The van der Waals surface area contributed by atoms with Crippen molar-refractivity contribution in [2.75, 3.05) is 11.1 Å². The Bertz CT molecular complexity index is 700. The van der Waals surface area contributed by atoms with Crippen molar-refractivity contribution in [2.45, 2.75) is 31.2 Å². The number of carbonyl (C=O) groups excluding carboxylic acids is 1. The lowest BCUT2D eigenvalue weighted by Gasteiger charge is -2.15. The molecule has 1 amide bonds. The number of anilines is 1. The summed E-state index contributed by atoms with van der Waals surface area (Å²) in [5.74, 6) is 1.23. The number of nitrogens with zero attached hydrogens (tertiary/aromatic N) is 2. The Labute approximate surface area is 144 Å². The van der Waals surface area contributed by atoms with E-state index in [1.165, 1.54) is 23.1 Å². The average molecular weight is 349 g/mol. The standard InChI is InChI=1S/C16H19N3O2S2/c1-5-8-22-16-19-18-15(23-16)17-14(20)12(4)21-13-9-10(2)6-7-11(13)3/h5-7,9,12H,1,8H2,2-4H3,(H,17,18,20)/t12-/m0/s1. The van der Waals surface area contributed by atoms with Gasteiger partial charge in [0, 0.05) is 5.75 Å². The van der Waals surface area contributed by atoms with Gasteiger partial charge in [0.05, 0.1) is 0 Å². The van der Waals surface area contributed by atoms with Crippen molar-refractivity contribution in [2.24, 2.45) is 0 Å². The smallest absolute Gasteiger partial charge is 0.266 e. The summed E-state index contributed by atoms with van der Waals surface area (Å²) < 4.78 is 6.55. The number of amides is 1. The summed E-state index contributed by atoms with van der Waals surface area (Å²) in [6.07, 6.45) is 1.17. The molecular weight excluding hydrogens is 330 g/mol. The van der Waals surface area contributed by atoms with E-state index in [4.69, 9.17) is 4.74 Å². The molecule has 0 bridgehead atoms. The van der Waals surface area contributed by atoms with Crippen LogP contribution in [0.4, 0.5) is 5.13 Å². The van der Waals surface area contributed by atoms with E-state index in [1.807, 2.05) is 32.0 Å². The third kappa shape index (κ3) is 5.07. The van der Waals surface area contributed by atoms with Gasteiger partial charge in [-0.2, -0.15) is 0 Å². The molecule has 1 atom stereocenters. The number of rotatable bonds is 7. The van der Waals surface area contributed by atoms with Gasteiger partial charge in [-0.1, -0.05) is 41.3 Å². The van der Waals surface area contributed by atoms with E-state index in [0.29, 0.717) is 10.9 Å². The van der Waals surface area contributed by atoms with Gasteiger partial charge in [-0.15, -0.1) is 16.8 Å². The van der Waals surface area contributed by atoms with Gasteiger partial charge >= 0.3 is 0 Å². The fourth-order valence-corrected chi connectivity index (χ4v) is 3.25. The maximum atomic E-state index is 12.2. The lowest BCUT2D eigenvalue weighted by atomic mass is 10.1. The summed E-state index contributed by atoms with van der Waals surface area (Å²) in [6, 6.07) is 5.91. The van der Waals surface area contributed by atoms with Crippen molar-refractivity contribution < 1.29 is 9.53 Å². The minimum absolute atomic E-state index is 0.248. The SMILES string of the molecule is C=CCSc1nnc(NC(=O)[C@H](C)Oc2cc(C)ccc2C)s1. The van der Waals surface area contributed by atoms with E-state index >= 15 is 0 Å². The quantitative estimate of drug-likeness (QED) is 0.467. The molecule has 0 saturated heterocycles. The Kier molecular flexibility index (Phi) is 6.18. The topological polar surface area (TPSA) is 64.1 Å². The van der Waals surface area contributed by atoms with Crippen LogP contribution in [0.1, 0.15) is 18.1 Å². The molecule has 0 spiro atoms. The highest BCUT2D eigenvalue weighted by molar-refractivity contribution is 8.01. The van der Waals surface area contributed by atoms with E-state index in [-0.39, 0.29) is 5.91 Å². The number of thioether (sulfide) groups is 1. The van der Waals surface area contributed by atoms with Gasteiger partial charge in [-0.25, -0.2) is 0 Å². The fraction of sp³-hybridized carbons (Fsp3) is 0.312. The summed E-state index contributed by atoms with van der Waals surface area (Å²) >= 11 is 2.86. The van der Waals surface area contributed by atoms with Crippen LogP contribution in [0.3, 0.4) is 0 Å². The molecule has 1 N–H and O–H groups in total. The molecule has 1 aromatic carbocycles. The highest BCUT2D eigenvalue weighted by atomic mass is 32.2. The van der Waals surface area contributed by atoms with Crippen LogP contribution in [0.2, 0.25) is 0 Å². The zero-order chi connectivity index (χ0) is 16.8. The maximum Gasteiger partial charge on any atom is 0.266 e. The second-order valence-electron chi connectivity index (χ2n) is 4.99. The van der Waals surface area contributed by atoms with E-state index in [1.54, 1.807) is 13.0 Å². The third-order valence-corrected chi connectivity index (χ3v) is 4.95. The second-order valence-corrected chi connectivity index (χ2v) is 7.24. The maximum absolute atomic E-state index is 12.2. The van der Waals surface area contributed by atoms with Gasteiger partial charge in [-0.05, 0) is 38.0 Å². The van der Waals surface area contributed by atoms with Gasteiger partial charge in [0.25, 0.3) is 5.91 Å². The summed E-state index contributed by atoms with van der Waals surface area (Å²) in [5, 5.41) is 11.2. The number of benzene rings is 1. The van der Waals surface area contributed by atoms with Gasteiger partial charge in [0.2, 0.25) is 5.13 Å². The predicted octanol–water partition coefficient (Wildman–Crippen LogP) is 3.84. The molecule has 0 fully saturated rings. The highest BCUT2D eigenvalue weighted by Crippen LogP contribution is 2.26. The Balaban J connectivity index is 1.95. The lowest BCUT2D eigenvalue weighted by molar-refractivity contribution is -0.122. The molecule has 7 heteroatoms. The van der Waals surface area contributed by atoms with Crippen LogP contribution in [-0.2, 0) is 4.79 Å². The fourth-order valence-electron chi connectivity index (χ4n) is 1.73. The average Bonchev–Trinajstić information content (AvgIpc) is 2.96. The monoisotopic (exact) mass is 349 g/mol. The van der Waals surface area contributed by atoms with Crippen molar-refractivity contribution in [3.05, 3.63) is 42.0 Å². The molecule has 23 heavy (non-hydrogen) atoms. The first-order valence-corrected chi connectivity index (χ1v) is 8.91. The first-order valence-electron chi connectivity index (χ1n) is 7.11. The zero-order valence-electron chi connectivity index (χ0n) is 13.3. The molecule has 0 aliphatic carbocycles. The van der Waals surface area contributed by atoms with Crippen molar-refractivity contribution in [3.63, 3.8) is 0 Å². The largest absolute Gasteiger partial charge is 0.481 e. The van der Waals surface area contributed by atoms with Crippen LogP contribution in [0.25, 0.3) is 0 Å². The molecule has 0 aliphatic heterocycles. The van der Waals surface area contributed by atoms with Crippen molar-refractivity contribution in [3.8, 4) is 5.75 Å². The first-order chi connectivity index (χ1) is 11.0. The summed E-state index contributed by atoms with van der Waals surface area (Å²) in [7, 11) is 0. The Hall–Kier alpha value is -1.86. The van der Waals surface area contributed by atoms with E-state index in [2.05, 4.69) is 22.1 Å². The van der Waals surface area contributed by atoms with Gasteiger partial charge in [0.1, 0.15) is 5.75 Å². The molecule has 5 nitrogen and oxygen atoms in total. The van der Waals surface area contributed by atoms with Crippen LogP contribution < -0.4 is 10.1 Å². The van der Waals surface area contributed by atoms with Crippen LogP contribution in [-0.4, -0.2) is 28.0 Å². The molecule has 0 aliphatic rings. The van der Waals surface area contributed by atoms with Crippen molar-refractivity contribution in [1.82, 2.24) is 10.2 Å². The number of nitrogens with one attached hydrogen (secondary N) is 1. The minimum Gasteiger partial charge on any atom is -0.481 e. The molecule has 1 aromatic heterocycles. The molecule has 1 heterocycles.